The minimum Gasteiger partial charge on any atom is -0.484 e. The molecule has 0 unspecified atom stereocenters. The van der Waals surface area contributed by atoms with Crippen LogP contribution in [0.4, 0.5) is 5.82 Å². The van der Waals surface area contributed by atoms with E-state index in [4.69, 9.17) is 16.3 Å². The van der Waals surface area contributed by atoms with E-state index < -0.39 is 0 Å². The van der Waals surface area contributed by atoms with Crippen molar-refractivity contribution in [2.75, 3.05) is 25.0 Å². The van der Waals surface area contributed by atoms with E-state index in [9.17, 15) is 4.79 Å². The molecule has 0 aliphatic rings. The first kappa shape index (κ1) is 17.0. The summed E-state index contributed by atoms with van der Waals surface area (Å²) in [7, 11) is 0. The Morgan fingerprint density at radius 3 is 2.64 bits per heavy atom. The predicted molar refractivity (Wildman–Crippen MR) is 100 cm³/mol. The molecule has 0 fully saturated rings. The lowest BCUT2D eigenvalue weighted by Gasteiger charge is -2.09. The summed E-state index contributed by atoms with van der Waals surface area (Å²) in [5.74, 6) is 1.21. The molecule has 0 aliphatic carbocycles. The Kier molecular flexibility index (Phi) is 5.69. The van der Waals surface area contributed by atoms with Gasteiger partial charge in [-0.2, -0.15) is 0 Å². The number of para-hydroxylation sites is 1. The minimum atomic E-state index is -0.178. The van der Waals surface area contributed by atoms with E-state index in [0.29, 0.717) is 23.9 Å². The van der Waals surface area contributed by atoms with E-state index in [2.05, 4.69) is 15.6 Å². The van der Waals surface area contributed by atoms with Crippen LogP contribution in [0.2, 0.25) is 5.02 Å². The van der Waals surface area contributed by atoms with E-state index in [-0.39, 0.29) is 12.5 Å². The first-order valence-corrected chi connectivity index (χ1v) is 8.33. The molecule has 0 saturated carbocycles. The lowest BCUT2D eigenvalue weighted by Crippen LogP contribution is -2.32. The van der Waals surface area contributed by atoms with Gasteiger partial charge in [-0.3, -0.25) is 4.79 Å². The third-order valence-corrected chi connectivity index (χ3v) is 3.79. The normalized spacial score (nSPS) is 10.4. The molecule has 5 nitrogen and oxygen atoms in total. The number of pyridine rings is 1. The third-order valence-electron chi connectivity index (χ3n) is 3.54. The van der Waals surface area contributed by atoms with E-state index in [1.165, 1.54) is 0 Å². The van der Waals surface area contributed by atoms with Crippen LogP contribution >= 0.6 is 11.6 Å². The number of fused-ring (bicyclic) bond motifs is 1. The maximum Gasteiger partial charge on any atom is 0.258 e. The number of carbonyl (C=O) groups excluding carboxylic acids is 1. The summed E-state index contributed by atoms with van der Waals surface area (Å²) in [5, 5.41) is 7.71. The topological polar surface area (TPSA) is 63.2 Å². The van der Waals surface area contributed by atoms with E-state index in [1.54, 1.807) is 24.3 Å². The van der Waals surface area contributed by atoms with Crippen molar-refractivity contribution in [3.8, 4) is 5.75 Å². The number of hydrogen-bond donors (Lipinski definition) is 2. The van der Waals surface area contributed by atoms with Crippen LogP contribution in [-0.2, 0) is 4.79 Å². The molecule has 25 heavy (non-hydrogen) atoms. The molecule has 1 heterocycles. The van der Waals surface area contributed by atoms with Crippen LogP contribution < -0.4 is 15.4 Å². The summed E-state index contributed by atoms with van der Waals surface area (Å²) in [6, 6.07) is 18.8. The highest BCUT2D eigenvalue weighted by atomic mass is 35.5. The SMILES string of the molecule is O=C(COc1ccc(Cl)cc1)NCCNc1ccc2ccccc2n1. The monoisotopic (exact) mass is 355 g/mol. The van der Waals surface area contributed by atoms with Crippen LogP contribution in [0.25, 0.3) is 10.9 Å². The van der Waals surface area contributed by atoms with Gasteiger partial charge >= 0.3 is 0 Å². The number of amides is 1. The molecule has 2 N–H and O–H groups in total. The first-order chi connectivity index (χ1) is 12.2. The quantitative estimate of drug-likeness (QED) is 0.637. The lowest BCUT2D eigenvalue weighted by atomic mass is 10.2. The molecule has 1 aromatic heterocycles. The van der Waals surface area contributed by atoms with Crippen molar-refractivity contribution in [1.29, 1.82) is 0 Å². The zero-order valence-corrected chi connectivity index (χ0v) is 14.3. The second kappa shape index (κ2) is 8.35. The Labute approximate surface area is 151 Å². The zero-order valence-electron chi connectivity index (χ0n) is 13.5. The van der Waals surface area contributed by atoms with Crippen molar-refractivity contribution in [2.24, 2.45) is 0 Å². The van der Waals surface area contributed by atoms with Gasteiger partial charge in [-0.05, 0) is 42.5 Å². The van der Waals surface area contributed by atoms with E-state index in [0.717, 1.165) is 16.7 Å². The molecule has 1 amide bonds. The van der Waals surface area contributed by atoms with Gasteiger partial charge in [0.05, 0.1) is 5.52 Å². The van der Waals surface area contributed by atoms with Crippen LogP contribution in [0.1, 0.15) is 0 Å². The minimum absolute atomic E-state index is 0.0319. The molecule has 0 spiro atoms. The number of aromatic nitrogens is 1. The molecule has 0 bridgehead atoms. The van der Waals surface area contributed by atoms with Crippen molar-refractivity contribution in [2.45, 2.75) is 0 Å². The standard InChI is InChI=1S/C19H18ClN3O2/c20-15-6-8-16(9-7-15)25-13-19(24)22-12-11-21-18-10-5-14-3-1-2-4-17(14)23-18/h1-10H,11-13H2,(H,21,23)(H,22,24). The van der Waals surface area contributed by atoms with Crippen LogP contribution in [0.15, 0.2) is 60.7 Å². The van der Waals surface area contributed by atoms with Crippen molar-refractivity contribution in [1.82, 2.24) is 10.3 Å². The maximum absolute atomic E-state index is 11.8. The fourth-order valence-corrected chi connectivity index (χ4v) is 2.41. The van der Waals surface area contributed by atoms with Gasteiger partial charge in [0.1, 0.15) is 11.6 Å². The summed E-state index contributed by atoms with van der Waals surface area (Å²) in [5.41, 5.74) is 0.938. The maximum atomic E-state index is 11.8. The molecule has 2 aromatic carbocycles. The lowest BCUT2D eigenvalue weighted by molar-refractivity contribution is -0.123. The highest BCUT2D eigenvalue weighted by Crippen LogP contribution is 2.15. The second-order valence-electron chi connectivity index (χ2n) is 5.41. The molecule has 3 rings (SSSR count). The van der Waals surface area contributed by atoms with Gasteiger partial charge < -0.3 is 15.4 Å². The number of ether oxygens (including phenoxy) is 1. The summed E-state index contributed by atoms with van der Waals surface area (Å²) in [4.78, 5) is 16.3. The third kappa shape index (κ3) is 5.09. The summed E-state index contributed by atoms with van der Waals surface area (Å²) >= 11 is 5.79. The highest BCUT2D eigenvalue weighted by Gasteiger charge is 2.03. The molecular weight excluding hydrogens is 338 g/mol. The molecular formula is C19H18ClN3O2. The predicted octanol–water partition coefficient (Wildman–Crippen LogP) is 3.50. The molecule has 0 saturated heterocycles. The molecule has 0 aliphatic heterocycles. The summed E-state index contributed by atoms with van der Waals surface area (Å²) < 4.78 is 5.38. The van der Waals surface area contributed by atoms with Gasteiger partial charge in [0.15, 0.2) is 6.61 Å². The average Bonchev–Trinajstić information content (AvgIpc) is 2.64. The largest absolute Gasteiger partial charge is 0.484 e. The Balaban J connectivity index is 1.38. The summed E-state index contributed by atoms with van der Waals surface area (Å²) in [6.45, 7) is 1.03. The molecule has 0 radical (unpaired) electrons. The molecule has 3 aromatic rings. The summed E-state index contributed by atoms with van der Waals surface area (Å²) in [6.07, 6.45) is 0. The zero-order chi connectivity index (χ0) is 17.5. The van der Waals surface area contributed by atoms with E-state index >= 15 is 0 Å². The van der Waals surface area contributed by atoms with Crippen LogP contribution in [0, 0.1) is 0 Å². The van der Waals surface area contributed by atoms with Crippen LogP contribution in [0.5, 0.6) is 5.75 Å². The van der Waals surface area contributed by atoms with Crippen molar-refractivity contribution >= 4 is 34.2 Å². The average molecular weight is 356 g/mol. The first-order valence-electron chi connectivity index (χ1n) is 7.95. The second-order valence-corrected chi connectivity index (χ2v) is 5.84. The van der Waals surface area contributed by atoms with E-state index in [1.807, 2.05) is 36.4 Å². The Bertz CT molecular complexity index is 853. The molecule has 6 heteroatoms. The fraction of sp³-hybridized carbons (Fsp3) is 0.158. The van der Waals surface area contributed by atoms with Gasteiger partial charge in [-0.15, -0.1) is 0 Å². The van der Waals surface area contributed by atoms with Gasteiger partial charge in [0.25, 0.3) is 5.91 Å². The number of hydrogen-bond acceptors (Lipinski definition) is 4. The van der Waals surface area contributed by atoms with Crippen LogP contribution in [0.3, 0.4) is 0 Å². The Morgan fingerprint density at radius 1 is 1.00 bits per heavy atom. The van der Waals surface area contributed by atoms with Gasteiger partial charge in [-0.1, -0.05) is 29.8 Å². The number of benzene rings is 2. The molecule has 0 atom stereocenters. The number of nitrogens with zero attached hydrogens (tertiary/aromatic N) is 1. The van der Waals surface area contributed by atoms with Gasteiger partial charge in [0.2, 0.25) is 0 Å². The number of nitrogens with one attached hydrogen (secondary N) is 2. The Hall–Kier alpha value is -2.79. The number of carbonyl (C=O) groups is 1. The van der Waals surface area contributed by atoms with Crippen molar-refractivity contribution < 1.29 is 9.53 Å². The molecule has 128 valence electrons. The highest BCUT2D eigenvalue weighted by molar-refractivity contribution is 6.30. The van der Waals surface area contributed by atoms with Crippen molar-refractivity contribution in [3.05, 3.63) is 65.7 Å². The van der Waals surface area contributed by atoms with Crippen molar-refractivity contribution in [3.63, 3.8) is 0 Å². The van der Waals surface area contributed by atoms with Gasteiger partial charge in [0, 0.05) is 23.5 Å². The number of halogens is 1. The number of anilines is 1. The smallest absolute Gasteiger partial charge is 0.258 e. The Morgan fingerprint density at radius 2 is 1.80 bits per heavy atom. The fourth-order valence-electron chi connectivity index (χ4n) is 2.29. The van der Waals surface area contributed by atoms with Gasteiger partial charge in [-0.25, -0.2) is 4.98 Å². The van der Waals surface area contributed by atoms with Crippen LogP contribution in [-0.4, -0.2) is 30.6 Å². The number of rotatable bonds is 7.